The van der Waals surface area contributed by atoms with Crippen molar-refractivity contribution in [1.29, 1.82) is 0 Å². The molecule has 14 atom stereocenters. The largest absolute Gasteiger partial charge is 0.394 e. The van der Waals surface area contributed by atoms with Gasteiger partial charge in [0.1, 0.15) is 67.1 Å². The molecule has 0 spiro atoms. The van der Waals surface area contributed by atoms with Gasteiger partial charge in [-0.15, -0.1) is 0 Å². The number of hydrogen-bond donors (Lipinski definition) is 12. The van der Waals surface area contributed by atoms with E-state index in [0.717, 1.165) is 25.7 Å². The normalized spacial score (nSPS) is 34.0. The molecule has 0 radical (unpaired) electrons. The maximum absolute atomic E-state index is 12.5. The Morgan fingerprint density at radius 3 is 1.79 bits per heavy atom. The van der Waals surface area contributed by atoms with Gasteiger partial charge in [-0.25, -0.2) is 0 Å². The van der Waals surface area contributed by atoms with Gasteiger partial charge >= 0.3 is 0 Å². The molecule has 0 bridgehead atoms. The summed E-state index contributed by atoms with van der Waals surface area (Å²) in [7, 11) is 0. The summed E-state index contributed by atoms with van der Waals surface area (Å²) in [5.74, 6) is -0.974. The van der Waals surface area contributed by atoms with E-state index >= 15 is 0 Å². The van der Waals surface area contributed by atoms with Gasteiger partial charge in [0, 0.05) is 6.54 Å². The lowest BCUT2D eigenvalue weighted by atomic mass is 9.96. The van der Waals surface area contributed by atoms with Crippen LogP contribution in [0.25, 0.3) is 0 Å². The fraction of sp³-hybridized carbons (Fsp3) is 0.967. The Morgan fingerprint density at radius 1 is 0.702 bits per heavy atom. The first-order valence-corrected chi connectivity index (χ1v) is 16.6. The van der Waals surface area contributed by atoms with Crippen LogP contribution in [-0.2, 0) is 23.7 Å². The van der Waals surface area contributed by atoms with Crippen LogP contribution in [0.3, 0.4) is 0 Å². The van der Waals surface area contributed by atoms with Gasteiger partial charge in [-0.05, 0) is 6.42 Å². The Hall–Kier alpha value is -1.13. The van der Waals surface area contributed by atoms with Crippen molar-refractivity contribution in [1.82, 2.24) is 5.32 Å². The highest BCUT2D eigenvalue weighted by Gasteiger charge is 2.52. The molecule has 0 aromatic carbocycles. The molecule has 47 heavy (non-hydrogen) atoms. The molecule has 0 aromatic heterocycles. The minimum atomic E-state index is -2.14. The van der Waals surface area contributed by atoms with E-state index in [2.05, 4.69) is 12.2 Å². The SMILES string of the molecule is CCCCCCCCCCCCNC(=O)[C@H](O)[C@@H](O)[C@H](O[C@H]1O[C@H](CO)[C@@H](O[C@H]2O[C@H](CO)[C@@H](O)[C@H](O)[C@H]2O)[C@H](O)[C@H]1O)[C@H](O)CO. The van der Waals surface area contributed by atoms with E-state index in [9.17, 15) is 61.0 Å². The molecule has 17 heteroatoms. The van der Waals surface area contributed by atoms with Crippen LogP contribution in [0.5, 0.6) is 0 Å². The number of hydrogen-bond acceptors (Lipinski definition) is 16. The summed E-state index contributed by atoms with van der Waals surface area (Å²) in [5, 5.41) is 115. The van der Waals surface area contributed by atoms with E-state index < -0.39 is 112 Å². The van der Waals surface area contributed by atoms with Crippen molar-refractivity contribution < 1.29 is 79.9 Å². The Morgan fingerprint density at radius 2 is 1.23 bits per heavy atom. The highest BCUT2D eigenvalue weighted by molar-refractivity contribution is 5.81. The van der Waals surface area contributed by atoms with Crippen LogP contribution in [0.1, 0.15) is 71.1 Å². The zero-order chi connectivity index (χ0) is 35.1. The van der Waals surface area contributed by atoms with Gasteiger partial charge < -0.3 is 80.4 Å². The number of nitrogens with one attached hydrogen (secondary N) is 1. The number of unbranched alkanes of at least 4 members (excludes halogenated alkanes) is 9. The van der Waals surface area contributed by atoms with Crippen LogP contribution in [0.4, 0.5) is 0 Å². The van der Waals surface area contributed by atoms with Crippen LogP contribution in [0, 0.1) is 0 Å². The quantitative estimate of drug-likeness (QED) is 0.0485. The molecule has 12 N–H and O–H groups in total. The number of carbonyl (C=O) groups excluding carboxylic acids is 1. The maximum atomic E-state index is 12.5. The van der Waals surface area contributed by atoms with Crippen molar-refractivity contribution in [3.63, 3.8) is 0 Å². The molecule has 1 amide bonds. The van der Waals surface area contributed by atoms with Crippen LogP contribution in [0.2, 0.25) is 0 Å². The number of amides is 1. The fourth-order valence-corrected chi connectivity index (χ4v) is 5.59. The number of rotatable bonds is 22. The van der Waals surface area contributed by atoms with Gasteiger partial charge in [-0.1, -0.05) is 64.7 Å². The predicted octanol–water partition coefficient (Wildman–Crippen LogP) is -3.89. The van der Waals surface area contributed by atoms with Crippen molar-refractivity contribution in [3.05, 3.63) is 0 Å². The molecule has 2 saturated heterocycles. The summed E-state index contributed by atoms with van der Waals surface area (Å²) in [6.45, 7) is -0.264. The Bertz CT molecular complexity index is 855. The van der Waals surface area contributed by atoms with Gasteiger partial charge in [0.05, 0.1) is 19.8 Å². The van der Waals surface area contributed by atoms with Crippen molar-refractivity contribution in [3.8, 4) is 0 Å². The first-order valence-electron chi connectivity index (χ1n) is 16.6. The summed E-state index contributed by atoms with van der Waals surface area (Å²) < 4.78 is 21.6. The summed E-state index contributed by atoms with van der Waals surface area (Å²) in [6.07, 6.45) is -14.8. The van der Waals surface area contributed by atoms with Gasteiger partial charge in [0.15, 0.2) is 18.7 Å². The number of carbonyl (C=O) groups is 1. The zero-order valence-electron chi connectivity index (χ0n) is 26.9. The second kappa shape index (κ2) is 21.8. The van der Waals surface area contributed by atoms with E-state index in [1.54, 1.807) is 0 Å². The average Bonchev–Trinajstić information content (AvgIpc) is 3.07. The van der Waals surface area contributed by atoms with E-state index in [1.165, 1.54) is 32.1 Å². The minimum absolute atomic E-state index is 0.220. The standard InChI is InChI=1S/C30H57NO16/c1-2-3-4-5-6-7-8-9-10-11-12-31-28(43)23(40)21(38)26(16(35)13-32)46-30-25(42)22(39)27(18(15-34)45-30)47-29-24(41)20(37)19(36)17(14-33)44-29/h16-27,29-30,32-42H,2-15H2,1H3,(H,31,43)/t16-,17-,18-,19-,20+,21-,22-,23-,24-,25-,26-,27-,29-,30-/m1/s1. The van der Waals surface area contributed by atoms with Crippen LogP contribution in [-0.4, -0.2) is 174 Å². The van der Waals surface area contributed by atoms with Crippen LogP contribution in [0.15, 0.2) is 0 Å². The smallest absolute Gasteiger partial charge is 0.251 e. The molecular formula is C30H57NO16. The highest BCUT2D eigenvalue weighted by Crippen LogP contribution is 2.30. The van der Waals surface area contributed by atoms with Gasteiger partial charge in [-0.3, -0.25) is 4.79 Å². The lowest BCUT2D eigenvalue weighted by molar-refractivity contribution is -0.367. The molecule has 2 aliphatic heterocycles. The molecule has 17 nitrogen and oxygen atoms in total. The van der Waals surface area contributed by atoms with Gasteiger partial charge in [0.25, 0.3) is 5.91 Å². The predicted molar refractivity (Wildman–Crippen MR) is 161 cm³/mol. The molecule has 2 rings (SSSR count). The minimum Gasteiger partial charge on any atom is -0.394 e. The van der Waals surface area contributed by atoms with Crippen molar-refractivity contribution in [2.45, 2.75) is 157 Å². The fourth-order valence-electron chi connectivity index (χ4n) is 5.59. The van der Waals surface area contributed by atoms with E-state index in [0.29, 0.717) is 6.42 Å². The average molecular weight is 688 g/mol. The number of ether oxygens (including phenoxy) is 4. The molecule has 2 heterocycles. The lowest BCUT2D eigenvalue weighted by Gasteiger charge is -2.46. The van der Waals surface area contributed by atoms with E-state index in [-0.39, 0.29) is 6.54 Å². The Kier molecular flexibility index (Phi) is 19.5. The third kappa shape index (κ3) is 12.3. The summed E-state index contributed by atoms with van der Waals surface area (Å²) in [6, 6.07) is 0. The first-order chi connectivity index (χ1) is 22.4. The van der Waals surface area contributed by atoms with Crippen LogP contribution >= 0.6 is 0 Å². The topological polar surface area (TPSA) is 289 Å². The van der Waals surface area contributed by atoms with E-state index in [1.807, 2.05) is 0 Å². The summed E-state index contributed by atoms with van der Waals surface area (Å²) in [4.78, 5) is 12.5. The van der Waals surface area contributed by atoms with Gasteiger partial charge in [-0.2, -0.15) is 0 Å². The lowest BCUT2D eigenvalue weighted by Crippen LogP contribution is -2.65. The summed E-state index contributed by atoms with van der Waals surface area (Å²) >= 11 is 0. The Balaban J connectivity index is 1.93. The second-order valence-corrected chi connectivity index (χ2v) is 12.3. The molecule has 0 saturated carbocycles. The van der Waals surface area contributed by atoms with Crippen molar-refractivity contribution in [2.24, 2.45) is 0 Å². The molecule has 0 aromatic rings. The summed E-state index contributed by atoms with van der Waals surface area (Å²) in [5.41, 5.74) is 0. The monoisotopic (exact) mass is 687 g/mol. The third-order valence-corrected chi connectivity index (χ3v) is 8.58. The van der Waals surface area contributed by atoms with E-state index in [4.69, 9.17) is 18.9 Å². The molecular weight excluding hydrogens is 630 g/mol. The van der Waals surface area contributed by atoms with Gasteiger partial charge in [0.2, 0.25) is 0 Å². The Labute approximate surface area is 274 Å². The molecule has 2 aliphatic rings. The molecule has 0 aliphatic carbocycles. The molecule has 278 valence electrons. The maximum Gasteiger partial charge on any atom is 0.251 e. The van der Waals surface area contributed by atoms with Crippen LogP contribution < -0.4 is 5.32 Å². The zero-order valence-corrected chi connectivity index (χ0v) is 26.9. The van der Waals surface area contributed by atoms with Crippen molar-refractivity contribution >= 4 is 5.91 Å². The molecule has 0 unspecified atom stereocenters. The number of aliphatic hydroxyl groups excluding tert-OH is 11. The second-order valence-electron chi connectivity index (χ2n) is 12.3. The third-order valence-electron chi connectivity index (χ3n) is 8.58. The molecule has 2 fully saturated rings. The first kappa shape index (κ1) is 42.0. The highest BCUT2D eigenvalue weighted by atomic mass is 16.7. The van der Waals surface area contributed by atoms with Crippen molar-refractivity contribution in [2.75, 3.05) is 26.4 Å². The number of aliphatic hydroxyl groups is 11.